The summed E-state index contributed by atoms with van der Waals surface area (Å²) in [5.74, 6) is 0. The minimum atomic E-state index is -3.72. The third-order valence-corrected chi connectivity index (χ3v) is 5.85. The summed E-state index contributed by atoms with van der Waals surface area (Å²) in [6, 6.07) is 4.18. The molecule has 0 unspecified atom stereocenters. The third-order valence-electron chi connectivity index (χ3n) is 3.18. The zero-order valence-electron chi connectivity index (χ0n) is 10.9. The second-order valence-electron chi connectivity index (χ2n) is 4.84. The Hall–Kier alpha value is -1.43. The first-order chi connectivity index (χ1) is 8.13. The van der Waals surface area contributed by atoms with Crippen LogP contribution in [0.4, 0.5) is 5.69 Å². The molecule has 0 bridgehead atoms. The standard InChI is InChI=1S/C12H17NO4S/c1-5-12(3,4)18(16,17)11-7-6-9(2)8-10(11)13(14)15/h6-8H,5H2,1-4H3. The first-order valence-electron chi connectivity index (χ1n) is 5.63. The molecular weight excluding hydrogens is 254 g/mol. The quantitative estimate of drug-likeness (QED) is 0.623. The number of aryl methyl sites for hydroxylation is 1. The molecule has 0 aliphatic heterocycles. The maximum atomic E-state index is 12.4. The van der Waals surface area contributed by atoms with Crippen molar-refractivity contribution in [3.63, 3.8) is 0 Å². The van der Waals surface area contributed by atoms with Crippen LogP contribution in [-0.2, 0) is 9.84 Å². The molecule has 100 valence electrons. The summed E-state index contributed by atoms with van der Waals surface area (Å²) >= 11 is 0. The summed E-state index contributed by atoms with van der Waals surface area (Å²) in [6.07, 6.45) is 0.389. The van der Waals surface area contributed by atoms with Gasteiger partial charge in [0.25, 0.3) is 5.69 Å². The highest BCUT2D eigenvalue weighted by Crippen LogP contribution is 2.34. The van der Waals surface area contributed by atoms with Crippen molar-refractivity contribution >= 4 is 15.5 Å². The third kappa shape index (κ3) is 2.38. The fourth-order valence-corrected chi connectivity index (χ4v) is 3.12. The molecule has 1 rings (SSSR count). The average Bonchev–Trinajstić information content (AvgIpc) is 2.28. The average molecular weight is 271 g/mol. The van der Waals surface area contributed by atoms with Crippen molar-refractivity contribution < 1.29 is 13.3 Å². The van der Waals surface area contributed by atoms with Gasteiger partial charge in [-0.3, -0.25) is 10.1 Å². The fourth-order valence-electron chi connectivity index (χ4n) is 1.49. The number of sulfone groups is 1. The summed E-state index contributed by atoms with van der Waals surface area (Å²) in [4.78, 5) is 10.1. The van der Waals surface area contributed by atoms with Crippen molar-refractivity contribution in [3.05, 3.63) is 33.9 Å². The number of rotatable bonds is 4. The van der Waals surface area contributed by atoms with E-state index in [-0.39, 0.29) is 10.6 Å². The predicted octanol–water partition coefficient (Wildman–Crippen LogP) is 2.87. The van der Waals surface area contributed by atoms with Crippen LogP contribution in [0.15, 0.2) is 23.1 Å². The predicted molar refractivity (Wildman–Crippen MR) is 69.4 cm³/mol. The van der Waals surface area contributed by atoms with Crippen molar-refractivity contribution in [2.24, 2.45) is 0 Å². The van der Waals surface area contributed by atoms with E-state index in [0.29, 0.717) is 12.0 Å². The monoisotopic (exact) mass is 271 g/mol. The van der Waals surface area contributed by atoms with Crippen molar-refractivity contribution in [2.45, 2.75) is 43.8 Å². The molecule has 0 spiro atoms. The summed E-state index contributed by atoms with van der Waals surface area (Å²) in [5.41, 5.74) is 0.312. The largest absolute Gasteiger partial charge is 0.288 e. The topological polar surface area (TPSA) is 77.3 Å². The van der Waals surface area contributed by atoms with Gasteiger partial charge in [0.15, 0.2) is 9.84 Å². The zero-order valence-corrected chi connectivity index (χ0v) is 11.7. The molecule has 0 radical (unpaired) electrons. The van der Waals surface area contributed by atoms with Crippen molar-refractivity contribution in [1.82, 2.24) is 0 Å². The van der Waals surface area contributed by atoms with Crippen LogP contribution in [0.3, 0.4) is 0 Å². The molecule has 1 aromatic carbocycles. The van der Waals surface area contributed by atoms with Crippen LogP contribution in [0.25, 0.3) is 0 Å². The number of hydrogen-bond acceptors (Lipinski definition) is 4. The Labute approximate surface area is 107 Å². The normalized spacial score (nSPS) is 12.4. The lowest BCUT2D eigenvalue weighted by Gasteiger charge is -2.22. The van der Waals surface area contributed by atoms with Crippen LogP contribution in [0.2, 0.25) is 0 Å². The van der Waals surface area contributed by atoms with Crippen LogP contribution in [-0.4, -0.2) is 18.1 Å². The Kier molecular flexibility index (Phi) is 3.81. The van der Waals surface area contributed by atoms with Crippen LogP contribution < -0.4 is 0 Å². The lowest BCUT2D eigenvalue weighted by Crippen LogP contribution is -2.31. The maximum absolute atomic E-state index is 12.4. The van der Waals surface area contributed by atoms with Gasteiger partial charge in [-0.25, -0.2) is 8.42 Å². The first-order valence-corrected chi connectivity index (χ1v) is 7.11. The molecule has 0 atom stereocenters. The molecule has 0 amide bonds. The lowest BCUT2D eigenvalue weighted by atomic mass is 10.1. The second kappa shape index (κ2) is 4.68. The molecular formula is C12H17NO4S. The first kappa shape index (κ1) is 14.6. The second-order valence-corrected chi connectivity index (χ2v) is 7.40. The highest BCUT2D eigenvalue weighted by Gasteiger charge is 2.38. The Morgan fingerprint density at radius 3 is 2.33 bits per heavy atom. The maximum Gasteiger partial charge on any atom is 0.288 e. The molecule has 5 nitrogen and oxygen atoms in total. The number of nitrogens with zero attached hydrogens (tertiary/aromatic N) is 1. The van der Waals surface area contributed by atoms with E-state index in [9.17, 15) is 18.5 Å². The van der Waals surface area contributed by atoms with Gasteiger partial charge in [-0.1, -0.05) is 13.0 Å². The zero-order chi connectivity index (χ0) is 14.1. The van der Waals surface area contributed by atoms with E-state index < -0.39 is 19.5 Å². The Morgan fingerprint density at radius 2 is 1.89 bits per heavy atom. The van der Waals surface area contributed by atoms with Crippen LogP contribution in [0, 0.1) is 17.0 Å². The van der Waals surface area contributed by atoms with Crippen LogP contribution in [0.1, 0.15) is 32.8 Å². The van der Waals surface area contributed by atoms with E-state index in [1.54, 1.807) is 33.8 Å². The lowest BCUT2D eigenvalue weighted by molar-refractivity contribution is -0.387. The van der Waals surface area contributed by atoms with Crippen molar-refractivity contribution in [1.29, 1.82) is 0 Å². The fraction of sp³-hybridized carbons (Fsp3) is 0.500. The van der Waals surface area contributed by atoms with Gasteiger partial charge in [0.2, 0.25) is 0 Å². The SMILES string of the molecule is CCC(C)(C)S(=O)(=O)c1ccc(C)cc1[N+](=O)[O-]. The van der Waals surface area contributed by atoms with Gasteiger partial charge in [0.1, 0.15) is 4.90 Å². The molecule has 0 aliphatic rings. The van der Waals surface area contributed by atoms with E-state index in [2.05, 4.69) is 0 Å². The van der Waals surface area contributed by atoms with E-state index in [1.807, 2.05) is 0 Å². The Morgan fingerprint density at radius 1 is 1.33 bits per heavy atom. The molecule has 0 saturated carbocycles. The summed E-state index contributed by atoms with van der Waals surface area (Å²) < 4.78 is 23.8. The molecule has 0 aliphatic carbocycles. The molecule has 0 saturated heterocycles. The van der Waals surface area contributed by atoms with Crippen LogP contribution >= 0.6 is 0 Å². The van der Waals surface area contributed by atoms with Gasteiger partial charge >= 0.3 is 0 Å². The number of hydrogen-bond donors (Lipinski definition) is 0. The molecule has 0 heterocycles. The minimum Gasteiger partial charge on any atom is -0.258 e. The Bertz CT molecular complexity index is 576. The highest BCUT2D eigenvalue weighted by atomic mass is 32.2. The van der Waals surface area contributed by atoms with E-state index >= 15 is 0 Å². The van der Waals surface area contributed by atoms with Gasteiger partial charge in [0.05, 0.1) is 9.67 Å². The van der Waals surface area contributed by atoms with E-state index in [4.69, 9.17) is 0 Å². The van der Waals surface area contributed by atoms with Crippen molar-refractivity contribution in [2.75, 3.05) is 0 Å². The van der Waals surface area contributed by atoms with Gasteiger partial charge in [0, 0.05) is 6.07 Å². The number of nitro groups is 1. The van der Waals surface area contributed by atoms with Gasteiger partial charge in [-0.2, -0.15) is 0 Å². The molecule has 0 fully saturated rings. The number of nitro benzene ring substituents is 1. The molecule has 1 aromatic rings. The van der Waals surface area contributed by atoms with E-state index in [0.717, 1.165) is 0 Å². The van der Waals surface area contributed by atoms with Crippen LogP contribution in [0.5, 0.6) is 0 Å². The molecule has 6 heteroatoms. The van der Waals surface area contributed by atoms with E-state index in [1.165, 1.54) is 12.1 Å². The highest BCUT2D eigenvalue weighted by molar-refractivity contribution is 7.93. The van der Waals surface area contributed by atoms with Gasteiger partial charge < -0.3 is 0 Å². The summed E-state index contributed by atoms with van der Waals surface area (Å²) in [7, 11) is -3.72. The summed E-state index contributed by atoms with van der Waals surface area (Å²) in [5, 5.41) is 11.0. The van der Waals surface area contributed by atoms with Crippen molar-refractivity contribution in [3.8, 4) is 0 Å². The smallest absolute Gasteiger partial charge is 0.258 e. The Balaban J connectivity index is 3.57. The molecule has 18 heavy (non-hydrogen) atoms. The summed E-state index contributed by atoms with van der Waals surface area (Å²) in [6.45, 7) is 6.59. The minimum absolute atomic E-state index is 0.204. The molecule has 0 aromatic heterocycles. The number of benzene rings is 1. The van der Waals surface area contributed by atoms with Gasteiger partial charge in [-0.15, -0.1) is 0 Å². The van der Waals surface area contributed by atoms with Gasteiger partial charge in [-0.05, 0) is 38.8 Å². The molecule has 0 N–H and O–H groups in total.